The third-order valence-corrected chi connectivity index (χ3v) is 6.03. The zero-order valence-electron chi connectivity index (χ0n) is 16.7. The van der Waals surface area contributed by atoms with Crippen molar-refractivity contribution in [3.8, 4) is 27.7 Å². The summed E-state index contributed by atoms with van der Waals surface area (Å²) in [6.07, 6.45) is 1.11. The maximum atomic E-state index is 12.8. The van der Waals surface area contributed by atoms with Gasteiger partial charge in [0.05, 0.1) is 23.1 Å². The van der Waals surface area contributed by atoms with Crippen molar-refractivity contribution < 1.29 is 14.3 Å². The molecule has 2 atom stereocenters. The lowest BCUT2D eigenvalue weighted by molar-refractivity contribution is -0.128. The number of amides is 1. The predicted molar refractivity (Wildman–Crippen MR) is 113 cm³/mol. The molecule has 148 valence electrons. The lowest BCUT2D eigenvalue weighted by atomic mass is 10.0. The maximum absolute atomic E-state index is 12.8. The number of benzene rings is 1. The largest absolute Gasteiger partial charge is 0.479 e. The minimum absolute atomic E-state index is 0.0777. The first kappa shape index (κ1) is 19.3. The van der Waals surface area contributed by atoms with Crippen molar-refractivity contribution in [2.45, 2.75) is 39.8 Å². The van der Waals surface area contributed by atoms with Gasteiger partial charge in [-0.1, -0.05) is 6.07 Å². The molecule has 0 bridgehead atoms. The Labute approximate surface area is 173 Å². The molecule has 2 aromatic heterocycles. The van der Waals surface area contributed by atoms with Gasteiger partial charge in [0.15, 0.2) is 11.9 Å². The van der Waals surface area contributed by atoms with Gasteiger partial charge in [-0.3, -0.25) is 19.5 Å². The second-order valence-corrected chi connectivity index (χ2v) is 8.28. The quantitative estimate of drug-likeness (QED) is 0.646. The molecule has 0 saturated heterocycles. The van der Waals surface area contributed by atoms with Crippen LogP contribution >= 0.6 is 11.3 Å². The lowest BCUT2D eigenvalue weighted by Gasteiger charge is -2.36. The number of Topliss-reactive ketones (excluding diaryl/α,β-unsaturated/α-hetero) is 1. The topological polar surface area (TPSA) is 72.4 Å². The monoisotopic (exact) mass is 407 g/mol. The molecular weight excluding hydrogens is 386 g/mol. The minimum Gasteiger partial charge on any atom is -0.479 e. The van der Waals surface area contributed by atoms with E-state index in [0.29, 0.717) is 11.4 Å². The lowest BCUT2D eigenvalue weighted by Crippen LogP contribution is -2.51. The molecule has 6 nitrogen and oxygen atoms in total. The molecule has 1 amide bonds. The fourth-order valence-electron chi connectivity index (χ4n) is 3.35. The summed E-state index contributed by atoms with van der Waals surface area (Å²) in [5, 5.41) is 0.839. The summed E-state index contributed by atoms with van der Waals surface area (Å²) in [6.45, 7) is 6.94. The highest BCUT2D eigenvalue weighted by atomic mass is 32.1. The van der Waals surface area contributed by atoms with Crippen molar-refractivity contribution in [1.82, 2.24) is 9.97 Å². The predicted octanol–water partition coefficient (Wildman–Crippen LogP) is 4.27. The van der Waals surface area contributed by atoms with Crippen molar-refractivity contribution in [2.24, 2.45) is 0 Å². The summed E-state index contributed by atoms with van der Waals surface area (Å²) in [5.74, 6) is 0.291. The number of anilines is 1. The van der Waals surface area contributed by atoms with Crippen LogP contribution in [0.25, 0.3) is 22.0 Å². The molecule has 3 aromatic rings. The summed E-state index contributed by atoms with van der Waals surface area (Å²) >= 11 is 1.57. The third-order valence-electron chi connectivity index (χ3n) is 5.04. The van der Waals surface area contributed by atoms with Crippen LogP contribution in [0.3, 0.4) is 0 Å². The standard InChI is InChI=1S/C22H21N3O3S/c1-12(13(2)26)25-18-11-16(8-9-19(18)28-14(3)22(25)27)20-15(4)29-21(24-20)17-7-5-6-10-23-17/h5-12,14H,1-4H3. The van der Waals surface area contributed by atoms with E-state index in [1.165, 1.54) is 11.8 Å². The molecule has 0 saturated carbocycles. The smallest absolute Gasteiger partial charge is 0.268 e. The van der Waals surface area contributed by atoms with Crippen LogP contribution in [0.5, 0.6) is 5.75 Å². The first-order valence-electron chi connectivity index (χ1n) is 9.40. The molecule has 4 rings (SSSR count). The van der Waals surface area contributed by atoms with Crippen LogP contribution in [-0.2, 0) is 9.59 Å². The Morgan fingerprint density at radius 2 is 2.07 bits per heavy atom. The molecular formula is C22H21N3O3S. The Morgan fingerprint density at radius 1 is 1.28 bits per heavy atom. The molecule has 7 heteroatoms. The van der Waals surface area contributed by atoms with Crippen LogP contribution in [0, 0.1) is 6.92 Å². The molecule has 1 aliphatic heterocycles. The van der Waals surface area contributed by atoms with Gasteiger partial charge in [-0.2, -0.15) is 0 Å². The van der Waals surface area contributed by atoms with E-state index >= 15 is 0 Å². The van der Waals surface area contributed by atoms with Gasteiger partial charge in [0.25, 0.3) is 5.91 Å². The highest BCUT2D eigenvalue weighted by Gasteiger charge is 2.36. The van der Waals surface area contributed by atoms with E-state index in [0.717, 1.165) is 26.8 Å². The molecule has 29 heavy (non-hydrogen) atoms. The van der Waals surface area contributed by atoms with Gasteiger partial charge >= 0.3 is 0 Å². The highest BCUT2D eigenvalue weighted by molar-refractivity contribution is 7.15. The van der Waals surface area contributed by atoms with Crippen LogP contribution < -0.4 is 9.64 Å². The van der Waals surface area contributed by atoms with E-state index in [1.807, 2.05) is 43.3 Å². The van der Waals surface area contributed by atoms with E-state index in [2.05, 4.69) is 4.98 Å². The Balaban J connectivity index is 1.80. The molecule has 0 radical (unpaired) electrons. The number of hydrogen-bond donors (Lipinski definition) is 0. The second-order valence-electron chi connectivity index (χ2n) is 7.08. The molecule has 0 N–H and O–H groups in total. The number of fused-ring (bicyclic) bond motifs is 1. The number of ether oxygens (including phenoxy) is 1. The highest BCUT2D eigenvalue weighted by Crippen LogP contribution is 2.40. The summed E-state index contributed by atoms with van der Waals surface area (Å²) in [4.78, 5) is 36.5. The second kappa shape index (κ2) is 7.40. The fourth-order valence-corrected chi connectivity index (χ4v) is 4.26. The van der Waals surface area contributed by atoms with Gasteiger partial charge in [-0.05, 0) is 58.0 Å². The van der Waals surface area contributed by atoms with Crippen molar-refractivity contribution >= 4 is 28.7 Å². The van der Waals surface area contributed by atoms with E-state index in [4.69, 9.17) is 9.72 Å². The van der Waals surface area contributed by atoms with Crippen LogP contribution in [0.15, 0.2) is 42.6 Å². The Kier molecular flexibility index (Phi) is 4.92. The minimum atomic E-state index is -0.632. The summed E-state index contributed by atoms with van der Waals surface area (Å²) in [7, 11) is 0. The van der Waals surface area contributed by atoms with Crippen LogP contribution in [-0.4, -0.2) is 33.8 Å². The Hall–Kier alpha value is -3.06. The molecule has 1 aromatic carbocycles. The number of pyridine rings is 1. The zero-order chi connectivity index (χ0) is 20.7. The number of aryl methyl sites for hydroxylation is 1. The Morgan fingerprint density at radius 3 is 2.76 bits per heavy atom. The van der Waals surface area contributed by atoms with E-state index in [1.54, 1.807) is 31.4 Å². The van der Waals surface area contributed by atoms with Gasteiger partial charge in [0, 0.05) is 16.6 Å². The number of thiazole rings is 1. The molecule has 0 fully saturated rings. The number of carbonyl (C=O) groups excluding carboxylic acids is 2. The third kappa shape index (κ3) is 3.42. The van der Waals surface area contributed by atoms with E-state index in [-0.39, 0.29) is 11.7 Å². The van der Waals surface area contributed by atoms with Gasteiger partial charge in [0.1, 0.15) is 10.8 Å². The van der Waals surface area contributed by atoms with Crippen LogP contribution in [0.4, 0.5) is 5.69 Å². The van der Waals surface area contributed by atoms with Crippen molar-refractivity contribution in [1.29, 1.82) is 0 Å². The fraction of sp³-hybridized carbons (Fsp3) is 0.273. The zero-order valence-corrected chi connectivity index (χ0v) is 17.5. The average Bonchev–Trinajstić information content (AvgIpc) is 3.10. The number of hydrogen-bond acceptors (Lipinski definition) is 6. The van der Waals surface area contributed by atoms with E-state index in [9.17, 15) is 9.59 Å². The molecule has 3 heterocycles. The number of carbonyl (C=O) groups is 2. The number of nitrogens with zero attached hydrogens (tertiary/aromatic N) is 3. The number of rotatable bonds is 4. The molecule has 0 aliphatic carbocycles. The average molecular weight is 407 g/mol. The SMILES string of the molecule is CC(=O)C(C)N1C(=O)C(C)Oc2ccc(-c3nc(-c4ccccn4)sc3C)cc21. The van der Waals surface area contributed by atoms with Crippen molar-refractivity contribution in [3.63, 3.8) is 0 Å². The van der Waals surface area contributed by atoms with Gasteiger partial charge in [-0.25, -0.2) is 4.98 Å². The van der Waals surface area contributed by atoms with E-state index < -0.39 is 12.1 Å². The summed E-state index contributed by atoms with van der Waals surface area (Å²) in [5.41, 5.74) is 3.12. The molecule has 0 spiro atoms. The first-order valence-corrected chi connectivity index (χ1v) is 10.2. The first-order chi connectivity index (χ1) is 13.9. The summed E-state index contributed by atoms with van der Waals surface area (Å²) < 4.78 is 5.77. The van der Waals surface area contributed by atoms with Gasteiger partial charge in [0.2, 0.25) is 0 Å². The van der Waals surface area contributed by atoms with Crippen LogP contribution in [0.1, 0.15) is 25.6 Å². The summed E-state index contributed by atoms with van der Waals surface area (Å²) in [6, 6.07) is 10.8. The number of aromatic nitrogens is 2. The normalized spacial score (nSPS) is 16.9. The molecule has 1 aliphatic rings. The van der Waals surface area contributed by atoms with Gasteiger partial charge in [-0.15, -0.1) is 11.3 Å². The van der Waals surface area contributed by atoms with Crippen molar-refractivity contribution in [3.05, 3.63) is 47.5 Å². The van der Waals surface area contributed by atoms with Crippen LogP contribution in [0.2, 0.25) is 0 Å². The maximum Gasteiger partial charge on any atom is 0.268 e. The molecule has 2 unspecified atom stereocenters. The van der Waals surface area contributed by atoms with Gasteiger partial charge < -0.3 is 4.74 Å². The number of ketones is 1. The Bertz CT molecular complexity index is 1090. The van der Waals surface area contributed by atoms with Crippen molar-refractivity contribution in [2.75, 3.05) is 4.90 Å².